The van der Waals surface area contributed by atoms with Gasteiger partial charge in [-0.3, -0.25) is 0 Å². The third kappa shape index (κ3) is 2.94. The molecule has 2 aromatic heterocycles. The second-order valence-corrected chi connectivity index (χ2v) is 5.51. The number of nitrogens with two attached hydrogens (primary N) is 1. The summed E-state index contributed by atoms with van der Waals surface area (Å²) in [6.45, 7) is 3.45. The molecule has 0 fully saturated rings. The fraction of sp³-hybridized carbons (Fsp3) is 0.200. The average Bonchev–Trinajstić information content (AvgIpc) is 2.33. The first-order valence-electron chi connectivity index (χ1n) is 5.31. The number of pyridine rings is 1. The lowest BCUT2D eigenvalue weighted by atomic mass is 10.4. The van der Waals surface area contributed by atoms with E-state index in [-0.39, 0.29) is 16.7 Å². The number of anilines is 2. The molecule has 0 spiro atoms. The van der Waals surface area contributed by atoms with E-state index >= 15 is 0 Å². The molecule has 0 aliphatic heterocycles. The Morgan fingerprint density at radius 3 is 2.58 bits per heavy atom. The number of nitrogen functional groups attached to an aromatic ring is 1. The van der Waals surface area contributed by atoms with Gasteiger partial charge >= 0.3 is 0 Å². The van der Waals surface area contributed by atoms with Crippen LogP contribution in [0.4, 0.5) is 11.8 Å². The van der Waals surface area contributed by atoms with E-state index in [0.29, 0.717) is 11.4 Å². The summed E-state index contributed by atoms with van der Waals surface area (Å²) < 4.78 is 26.3. The van der Waals surface area contributed by atoms with Gasteiger partial charge in [0.1, 0.15) is 5.82 Å². The Morgan fingerprint density at radius 1 is 1.21 bits per heavy atom. The number of hydrogen-bond acceptors (Lipinski definition) is 7. The van der Waals surface area contributed by atoms with E-state index in [1.165, 1.54) is 18.3 Å². The van der Waals surface area contributed by atoms with Gasteiger partial charge in [-0.1, -0.05) is 0 Å². The zero-order valence-electron chi connectivity index (χ0n) is 10.3. The molecular weight excluding hydrogens is 268 g/mol. The van der Waals surface area contributed by atoms with E-state index < -0.39 is 10.0 Å². The van der Waals surface area contributed by atoms with Crippen molar-refractivity contribution in [1.82, 2.24) is 20.2 Å². The summed E-state index contributed by atoms with van der Waals surface area (Å²) in [4.78, 5) is 7.71. The summed E-state index contributed by atoms with van der Waals surface area (Å²) >= 11 is 0. The molecule has 19 heavy (non-hydrogen) atoms. The van der Waals surface area contributed by atoms with Crippen LogP contribution in [-0.2, 0) is 10.0 Å². The first-order valence-corrected chi connectivity index (χ1v) is 6.79. The Labute approximate surface area is 110 Å². The molecule has 9 heteroatoms. The highest BCUT2D eigenvalue weighted by Crippen LogP contribution is 2.14. The zero-order chi connectivity index (χ0) is 14.0. The van der Waals surface area contributed by atoms with Crippen molar-refractivity contribution in [1.29, 1.82) is 0 Å². The fourth-order valence-electron chi connectivity index (χ4n) is 1.27. The molecule has 8 nitrogen and oxygen atoms in total. The van der Waals surface area contributed by atoms with E-state index in [9.17, 15) is 8.42 Å². The van der Waals surface area contributed by atoms with E-state index in [1.54, 1.807) is 13.8 Å². The van der Waals surface area contributed by atoms with Gasteiger partial charge in [0.15, 0.2) is 0 Å². The lowest BCUT2D eigenvalue weighted by Gasteiger charge is -2.07. The van der Waals surface area contributed by atoms with Crippen LogP contribution in [0.25, 0.3) is 0 Å². The first-order chi connectivity index (χ1) is 8.88. The van der Waals surface area contributed by atoms with Crippen LogP contribution in [0.15, 0.2) is 23.2 Å². The van der Waals surface area contributed by atoms with Crippen molar-refractivity contribution in [3.63, 3.8) is 0 Å². The molecule has 2 rings (SSSR count). The largest absolute Gasteiger partial charge is 0.384 e. The third-order valence-electron chi connectivity index (χ3n) is 2.38. The van der Waals surface area contributed by atoms with Crippen LogP contribution >= 0.6 is 0 Å². The quantitative estimate of drug-likeness (QED) is 0.826. The summed E-state index contributed by atoms with van der Waals surface area (Å²) in [7, 11) is -3.80. The van der Waals surface area contributed by atoms with Crippen LogP contribution in [-0.4, -0.2) is 28.6 Å². The van der Waals surface area contributed by atoms with E-state index in [2.05, 4.69) is 24.9 Å². The molecular formula is C10H12N6O2S. The second kappa shape index (κ2) is 4.76. The van der Waals surface area contributed by atoms with Crippen LogP contribution < -0.4 is 10.5 Å². The maximum absolute atomic E-state index is 12.0. The van der Waals surface area contributed by atoms with Crippen LogP contribution in [0.3, 0.4) is 0 Å². The molecule has 0 aliphatic rings. The van der Waals surface area contributed by atoms with E-state index in [1.807, 2.05) is 0 Å². The minimum atomic E-state index is -3.80. The number of aryl methyl sites for hydroxylation is 2. The van der Waals surface area contributed by atoms with Gasteiger partial charge in [0.2, 0.25) is 0 Å². The second-order valence-electron chi connectivity index (χ2n) is 3.83. The van der Waals surface area contributed by atoms with Gasteiger partial charge in [-0.05, 0) is 19.9 Å². The van der Waals surface area contributed by atoms with E-state index in [0.717, 1.165) is 0 Å². The summed E-state index contributed by atoms with van der Waals surface area (Å²) in [6.07, 6.45) is 1.31. The van der Waals surface area contributed by atoms with Crippen molar-refractivity contribution in [2.45, 2.75) is 18.7 Å². The van der Waals surface area contributed by atoms with Crippen LogP contribution in [0.2, 0.25) is 0 Å². The zero-order valence-corrected chi connectivity index (χ0v) is 11.1. The molecule has 0 unspecified atom stereocenters. The van der Waals surface area contributed by atoms with Gasteiger partial charge in [0, 0.05) is 12.3 Å². The first kappa shape index (κ1) is 13.1. The van der Waals surface area contributed by atoms with Crippen molar-refractivity contribution in [3.8, 4) is 0 Å². The minimum absolute atomic E-state index is 0.0122. The normalized spacial score (nSPS) is 11.3. The maximum atomic E-state index is 12.0. The molecule has 0 aliphatic carbocycles. The SMILES string of the molecule is Cc1nnc(NS(=O)(=O)c2ccnc(N)c2)nc1C. The standard InChI is InChI=1S/C10H12N6O2S/c1-6-7(2)14-15-10(13-6)16-19(17,18)8-3-4-12-9(11)5-8/h3-5H,1-2H3,(H2,11,12)(H,13,15,16). The number of sulfonamides is 1. The Kier molecular flexibility index (Phi) is 3.30. The Hall–Kier alpha value is -2.29. The Morgan fingerprint density at radius 2 is 1.95 bits per heavy atom. The molecule has 0 saturated carbocycles. The van der Waals surface area contributed by atoms with Gasteiger partial charge in [-0.2, -0.15) is 5.10 Å². The lowest BCUT2D eigenvalue weighted by molar-refractivity contribution is 0.600. The molecule has 0 radical (unpaired) electrons. The Bertz CT molecular complexity index is 716. The molecule has 2 aromatic rings. The van der Waals surface area contributed by atoms with Gasteiger partial charge in [-0.25, -0.2) is 23.1 Å². The molecule has 3 N–H and O–H groups in total. The summed E-state index contributed by atoms with van der Waals surface area (Å²) in [6, 6.07) is 2.57. The van der Waals surface area contributed by atoms with Crippen LogP contribution in [0.1, 0.15) is 11.4 Å². The topological polar surface area (TPSA) is 124 Å². The van der Waals surface area contributed by atoms with Crippen molar-refractivity contribution in [3.05, 3.63) is 29.7 Å². The number of nitrogens with one attached hydrogen (secondary N) is 1. The summed E-state index contributed by atoms with van der Waals surface area (Å²) in [5.74, 6) is 0.0282. The van der Waals surface area contributed by atoms with Crippen molar-refractivity contribution in [2.24, 2.45) is 0 Å². The number of rotatable bonds is 3. The molecule has 100 valence electrons. The van der Waals surface area contributed by atoms with Crippen LogP contribution in [0.5, 0.6) is 0 Å². The van der Waals surface area contributed by atoms with Crippen molar-refractivity contribution in [2.75, 3.05) is 10.5 Å². The molecule has 2 heterocycles. The smallest absolute Gasteiger partial charge is 0.264 e. The highest BCUT2D eigenvalue weighted by atomic mass is 32.2. The predicted molar refractivity (Wildman–Crippen MR) is 68.8 cm³/mol. The molecule has 0 aromatic carbocycles. The number of aromatic nitrogens is 4. The monoisotopic (exact) mass is 280 g/mol. The van der Waals surface area contributed by atoms with Gasteiger partial charge in [-0.15, -0.1) is 5.10 Å². The fourth-order valence-corrected chi connectivity index (χ4v) is 2.23. The van der Waals surface area contributed by atoms with Gasteiger partial charge < -0.3 is 5.73 Å². The minimum Gasteiger partial charge on any atom is -0.384 e. The summed E-state index contributed by atoms with van der Waals surface area (Å²) in [5.41, 5.74) is 6.68. The predicted octanol–water partition coefficient (Wildman–Crippen LogP) is 0.266. The summed E-state index contributed by atoms with van der Waals surface area (Å²) in [5, 5.41) is 7.47. The van der Waals surface area contributed by atoms with Gasteiger partial charge in [0.05, 0.1) is 16.3 Å². The maximum Gasteiger partial charge on any atom is 0.264 e. The third-order valence-corrected chi connectivity index (χ3v) is 3.71. The Balaban J connectivity index is 2.33. The van der Waals surface area contributed by atoms with Crippen LogP contribution in [0, 0.1) is 13.8 Å². The molecule has 0 bridgehead atoms. The average molecular weight is 280 g/mol. The van der Waals surface area contributed by atoms with Crippen molar-refractivity contribution >= 4 is 21.8 Å². The van der Waals surface area contributed by atoms with Gasteiger partial charge in [0.25, 0.3) is 16.0 Å². The molecule has 0 amide bonds. The van der Waals surface area contributed by atoms with E-state index in [4.69, 9.17) is 5.73 Å². The number of nitrogens with zero attached hydrogens (tertiary/aromatic N) is 4. The number of hydrogen-bond donors (Lipinski definition) is 2. The highest BCUT2D eigenvalue weighted by Gasteiger charge is 2.16. The molecule has 0 saturated heterocycles. The lowest BCUT2D eigenvalue weighted by Crippen LogP contribution is -2.16. The highest BCUT2D eigenvalue weighted by molar-refractivity contribution is 7.92. The van der Waals surface area contributed by atoms with Crippen molar-refractivity contribution < 1.29 is 8.42 Å². The molecule has 0 atom stereocenters.